The molecule has 2 aromatic rings. The molecule has 1 fully saturated rings. The Kier molecular flexibility index (Phi) is 6.57. The summed E-state index contributed by atoms with van der Waals surface area (Å²) in [4.78, 5) is 2.23. The maximum atomic E-state index is 12.6. The van der Waals surface area contributed by atoms with E-state index in [1.54, 1.807) is 6.08 Å². The van der Waals surface area contributed by atoms with E-state index in [0.29, 0.717) is 19.8 Å². The van der Waals surface area contributed by atoms with Gasteiger partial charge in [0.15, 0.2) is 0 Å². The van der Waals surface area contributed by atoms with E-state index in [-0.39, 0.29) is 6.04 Å². The molecule has 0 unspecified atom stereocenters. The van der Waals surface area contributed by atoms with Crippen LogP contribution in [0.3, 0.4) is 0 Å². The van der Waals surface area contributed by atoms with Gasteiger partial charge in [-0.05, 0) is 17.2 Å². The molecule has 3 rings (SSSR count). The number of ether oxygens (including phenoxy) is 1. The molecule has 26 heavy (non-hydrogen) atoms. The van der Waals surface area contributed by atoms with Crippen molar-refractivity contribution >= 4 is 16.1 Å². The summed E-state index contributed by atoms with van der Waals surface area (Å²) in [6.07, 6.45) is 1.61. The number of rotatable bonds is 7. The Hall–Kier alpha value is -1.99. The first kappa shape index (κ1) is 18.8. The molecule has 0 spiro atoms. The summed E-state index contributed by atoms with van der Waals surface area (Å²) in [6, 6.07) is 18.8. The van der Waals surface area contributed by atoms with Gasteiger partial charge in [-0.25, -0.2) is 13.1 Å². The van der Waals surface area contributed by atoms with Crippen LogP contribution >= 0.6 is 0 Å². The Labute approximate surface area is 155 Å². The number of hydrogen-bond acceptors (Lipinski definition) is 4. The minimum absolute atomic E-state index is 0.306. The Balaban J connectivity index is 1.74. The van der Waals surface area contributed by atoms with Gasteiger partial charge >= 0.3 is 0 Å². The lowest BCUT2D eigenvalue weighted by Gasteiger charge is -2.30. The van der Waals surface area contributed by atoms with Crippen LogP contribution in [-0.4, -0.2) is 46.2 Å². The van der Waals surface area contributed by atoms with Crippen molar-refractivity contribution in [3.8, 4) is 0 Å². The van der Waals surface area contributed by atoms with E-state index >= 15 is 0 Å². The Morgan fingerprint density at radius 2 is 1.62 bits per heavy atom. The van der Waals surface area contributed by atoms with E-state index in [1.165, 1.54) is 5.41 Å². The van der Waals surface area contributed by atoms with Crippen molar-refractivity contribution in [2.24, 2.45) is 0 Å². The molecule has 5 nitrogen and oxygen atoms in total. The van der Waals surface area contributed by atoms with Gasteiger partial charge in [0.05, 0.1) is 19.3 Å². The predicted molar refractivity (Wildman–Crippen MR) is 104 cm³/mol. The van der Waals surface area contributed by atoms with Crippen LogP contribution in [0.4, 0.5) is 0 Å². The molecule has 138 valence electrons. The highest BCUT2D eigenvalue weighted by Gasteiger charge is 2.21. The van der Waals surface area contributed by atoms with Gasteiger partial charge in [0.2, 0.25) is 10.0 Å². The zero-order valence-corrected chi connectivity index (χ0v) is 15.4. The monoisotopic (exact) mass is 372 g/mol. The second kappa shape index (κ2) is 9.09. The van der Waals surface area contributed by atoms with Crippen LogP contribution in [0.1, 0.15) is 17.2 Å². The van der Waals surface area contributed by atoms with Crippen LogP contribution in [-0.2, 0) is 14.8 Å². The summed E-state index contributed by atoms with van der Waals surface area (Å²) >= 11 is 0. The third-order valence-electron chi connectivity index (χ3n) is 4.29. The highest BCUT2D eigenvalue weighted by Crippen LogP contribution is 2.17. The largest absolute Gasteiger partial charge is 0.379 e. The Morgan fingerprint density at radius 1 is 1.00 bits per heavy atom. The maximum absolute atomic E-state index is 12.6. The van der Waals surface area contributed by atoms with Crippen LogP contribution in [0, 0.1) is 0 Å². The van der Waals surface area contributed by atoms with E-state index in [9.17, 15) is 8.42 Å². The van der Waals surface area contributed by atoms with E-state index in [2.05, 4.69) is 9.62 Å². The second-order valence-corrected chi connectivity index (χ2v) is 7.85. The minimum Gasteiger partial charge on any atom is -0.379 e. The molecule has 0 amide bonds. The van der Waals surface area contributed by atoms with Gasteiger partial charge in [0, 0.05) is 25.0 Å². The standard InChI is InChI=1S/C20H24N2O3S/c23-26(24,16-11-18-7-3-1-4-8-18)21-20(19-9-5-2-6-10-19)17-22-12-14-25-15-13-22/h1-11,16,20-21H,12-15,17H2/b16-11+/t20-/m1/s1. The van der Waals surface area contributed by atoms with Crippen molar-refractivity contribution in [1.82, 2.24) is 9.62 Å². The molecular weight excluding hydrogens is 348 g/mol. The average molecular weight is 372 g/mol. The van der Waals surface area contributed by atoms with Gasteiger partial charge in [-0.2, -0.15) is 0 Å². The summed E-state index contributed by atoms with van der Waals surface area (Å²) < 4.78 is 33.4. The van der Waals surface area contributed by atoms with Crippen LogP contribution in [0.15, 0.2) is 66.1 Å². The summed E-state index contributed by atoms with van der Waals surface area (Å²) in [5.41, 5.74) is 1.80. The van der Waals surface area contributed by atoms with Crippen molar-refractivity contribution in [2.45, 2.75) is 6.04 Å². The normalized spacial score (nSPS) is 17.4. The van der Waals surface area contributed by atoms with E-state index in [4.69, 9.17) is 4.74 Å². The molecular formula is C20H24N2O3S. The van der Waals surface area contributed by atoms with Crippen molar-refractivity contribution < 1.29 is 13.2 Å². The third-order valence-corrected chi connectivity index (χ3v) is 5.40. The highest BCUT2D eigenvalue weighted by molar-refractivity contribution is 7.92. The number of benzene rings is 2. The summed E-state index contributed by atoms with van der Waals surface area (Å²) in [6.45, 7) is 3.60. The van der Waals surface area contributed by atoms with Crippen molar-refractivity contribution in [1.29, 1.82) is 0 Å². The topological polar surface area (TPSA) is 58.6 Å². The lowest BCUT2D eigenvalue weighted by molar-refractivity contribution is 0.0345. The zero-order valence-electron chi connectivity index (χ0n) is 14.6. The molecule has 0 saturated carbocycles. The SMILES string of the molecule is O=S(=O)(/C=C/c1ccccc1)N[C@H](CN1CCOCC1)c1ccccc1. The lowest BCUT2D eigenvalue weighted by Crippen LogP contribution is -2.42. The molecule has 1 aliphatic rings. The van der Waals surface area contributed by atoms with Crippen LogP contribution in [0.5, 0.6) is 0 Å². The molecule has 1 atom stereocenters. The maximum Gasteiger partial charge on any atom is 0.234 e. The van der Waals surface area contributed by atoms with Crippen LogP contribution in [0.25, 0.3) is 6.08 Å². The minimum atomic E-state index is -3.57. The van der Waals surface area contributed by atoms with E-state index in [1.807, 2.05) is 60.7 Å². The number of morpholine rings is 1. The molecule has 1 heterocycles. The van der Waals surface area contributed by atoms with Crippen molar-refractivity contribution in [2.75, 3.05) is 32.8 Å². The fourth-order valence-electron chi connectivity index (χ4n) is 2.91. The fourth-order valence-corrected chi connectivity index (χ4v) is 3.93. The summed E-state index contributed by atoms with van der Waals surface area (Å²) in [5.74, 6) is 0. The molecule has 1 saturated heterocycles. The molecule has 0 aromatic heterocycles. The average Bonchev–Trinajstić information content (AvgIpc) is 2.68. The quantitative estimate of drug-likeness (QED) is 0.812. The third kappa shape index (κ3) is 5.78. The van der Waals surface area contributed by atoms with Crippen LogP contribution in [0.2, 0.25) is 0 Å². The van der Waals surface area contributed by atoms with Crippen molar-refractivity contribution in [3.05, 3.63) is 77.2 Å². The van der Waals surface area contributed by atoms with Crippen molar-refractivity contribution in [3.63, 3.8) is 0 Å². The fraction of sp³-hybridized carbons (Fsp3) is 0.300. The van der Waals surface area contributed by atoms with E-state index < -0.39 is 10.0 Å². The summed E-state index contributed by atoms with van der Waals surface area (Å²) in [7, 11) is -3.57. The predicted octanol–water partition coefficient (Wildman–Crippen LogP) is 2.65. The lowest BCUT2D eigenvalue weighted by atomic mass is 10.1. The number of hydrogen-bond donors (Lipinski definition) is 1. The van der Waals surface area contributed by atoms with E-state index in [0.717, 1.165) is 24.2 Å². The second-order valence-electron chi connectivity index (χ2n) is 6.25. The van der Waals surface area contributed by atoms with Gasteiger partial charge in [-0.3, -0.25) is 4.90 Å². The molecule has 6 heteroatoms. The Bertz CT molecular complexity index is 801. The van der Waals surface area contributed by atoms with Gasteiger partial charge in [0.25, 0.3) is 0 Å². The number of sulfonamides is 1. The molecule has 0 aliphatic carbocycles. The molecule has 1 N–H and O–H groups in total. The molecule has 2 aromatic carbocycles. The zero-order chi connectivity index (χ0) is 18.2. The number of nitrogens with one attached hydrogen (secondary N) is 1. The molecule has 0 bridgehead atoms. The first-order chi connectivity index (χ1) is 12.6. The smallest absolute Gasteiger partial charge is 0.234 e. The number of nitrogens with zero attached hydrogens (tertiary/aromatic N) is 1. The van der Waals surface area contributed by atoms with Crippen LogP contribution < -0.4 is 4.72 Å². The molecule has 0 radical (unpaired) electrons. The Morgan fingerprint density at radius 3 is 2.27 bits per heavy atom. The first-order valence-electron chi connectivity index (χ1n) is 8.73. The van der Waals surface area contributed by atoms with Gasteiger partial charge < -0.3 is 4.74 Å². The highest BCUT2D eigenvalue weighted by atomic mass is 32.2. The molecule has 1 aliphatic heterocycles. The first-order valence-corrected chi connectivity index (χ1v) is 10.3. The van der Waals surface area contributed by atoms with Gasteiger partial charge in [0.1, 0.15) is 0 Å². The van der Waals surface area contributed by atoms with Gasteiger partial charge in [-0.15, -0.1) is 0 Å². The summed E-state index contributed by atoms with van der Waals surface area (Å²) in [5, 5.41) is 1.23. The van der Waals surface area contributed by atoms with Gasteiger partial charge in [-0.1, -0.05) is 60.7 Å².